The molecule has 0 aliphatic rings. The maximum atomic E-state index is 11.6. The van der Waals surface area contributed by atoms with E-state index in [4.69, 9.17) is 0 Å². The minimum absolute atomic E-state index is 0.141. The van der Waals surface area contributed by atoms with E-state index in [0.717, 1.165) is 0 Å². The van der Waals surface area contributed by atoms with Crippen LogP contribution in [0.15, 0.2) is 24.5 Å². The SMILES string of the molecule is Cn1ccc(C(=O)c2ccn[nH]2)n1. The number of hydrogen-bond donors (Lipinski definition) is 1. The first-order chi connectivity index (χ1) is 6.27. The van der Waals surface area contributed by atoms with Gasteiger partial charge in [0.2, 0.25) is 5.78 Å². The molecule has 5 heteroatoms. The van der Waals surface area contributed by atoms with Gasteiger partial charge in [0.25, 0.3) is 0 Å². The summed E-state index contributed by atoms with van der Waals surface area (Å²) in [5.74, 6) is -0.141. The van der Waals surface area contributed by atoms with Crippen molar-refractivity contribution >= 4 is 5.78 Å². The summed E-state index contributed by atoms with van der Waals surface area (Å²) in [6.07, 6.45) is 3.26. The molecule has 2 rings (SSSR count). The first kappa shape index (κ1) is 7.72. The lowest BCUT2D eigenvalue weighted by Gasteiger charge is -1.90. The van der Waals surface area contributed by atoms with Crippen LogP contribution in [-0.2, 0) is 7.05 Å². The van der Waals surface area contributed by atoms with E-state index >= 15 is 0 Å². The van der Waals surface area contributed by atoms with E-state index in [1.54, 1.807) is 30.1 Å². The quantitative estimate of drug-likeness (QED) is 0.672. The Hall–Kier alpha value is -1.91. The molecule has 0 atom stereocenters. The molecule has 0 amide bonds. The van der Waals surface area contributed by atoms with Crippen molar-refractivity contribution in [1.82, 2.24) is 20.0 Å². The van der Waals surface area contributed by atoms with Crippen LogP contribution in [0.25, 0.3) is 0 Å². The fraction of sp³-hybridized carbons (Fsp3) is 0.125. The molecule has 5 nitrogen and oxygen atoms in total. The number of rotatable bonds is 2. The Morgan fingerprint density at radius 1 is 1.54 bits per heavy atom. The molecule has 2 aromatic rings. The fourth-order valence-electron chi connectivity index (χ4n) is 1.06. The predicted molar refractivity (Wildman–Crippen MR) is 45.2 cm³/mol. The monoisotopic (exact) mass is 176 g/mol. The second-order valence-corrected chi connectivity index (χ2v) is 2.67. The number of hydrogen-bond acceptors (Lipinski definition) is 3. The molecule has 1 N–H and O–H groups in total. The summed E-state index contributed by atoms with van der Waals surface area (Å²) < 4.78 is 1.59. The number of aryl methyl sites for hydroxylation is 1. The lowest BCUT2D eigenvalue weighted by atomic mass is 10.2. The average Bonchev–Trinajstić information content (AvgIpc) is 2.72. The van der Waals surface area contributed by atoms with Gasteiger partial charge in [-0.25, -0.2) is 0 Å². The van der Waals surface area contributed by atoms with Gasteiger partial charge in [0.15, 0.2) is 0 Å². The van der Waals surface area contributed by atoms with Crippen LogP contribution < -0.4 is 0 Å². The number of nitrogens with one attached hydrogen (secondary N) is 1. The number of nitrogens with zero attached hydrogens (tertiary/aromatic N) is 3. The normalized spacial score (nSPS) is 10.2. The Kier molecular flexibility index (Phi) is 1.70. The maximum absolute atomic E-state index is 11.6. The zero-order chi connectivity index (χ0) is 9.26. The van der Waals surface area contributed by atoms with Gasteiger partial charge in [-0.05, 0) is 12.1 Å². The smallest absolute Gasteiger partial charge is 0.230 e. The van der Waals surface area contributed by atoms with Crippen molar-refractivity contribution in [2.75, 3.05) is 0 Å². The van der Waals surface area contributed by atoms with Crippen molar-refractivity contribution in [3.8, 4) is 0 Å². The van der Waals surface area contributed by atoms with Crippen LogP contribution in [0.4, 0.5) is 0 Å². The summed E-state index contributed by atoms with van der Waals surface area (Å²) in [6, 6.07) is 3.29. The largest absolute Gasteiger partial charge is 0.285 e. The van der Waals surface area contributed by atoms with E-state index in [-0.39, 0.29) is 5.78 Å². The Labute approximate surface area is 74.4 Å². The van der Waals surface area contributed by atoms with E-state index in [2.05, 4.69) is 15.3 Å². The molecule has 0 aliphatic heterocycles. The molecule has 66 valence electrons. The van der Waals surface area contributed by atoms with Gasteiger partial charge in [0.1, 0.15) is 11.4 Å². The molecule has 0 unspecified atom stereocenters. The summed E-state index contributed by atoms with van der Waals surface area (Å²) >= 11 is 0. The minimum atomic E-state index is -0.141. The highest BCUT2D eigenvalue weighted by Crippen LogP contribution is 2.03. The third-order valence-electron chi connectivity index (χ3n) is 1.69. The lowest BCUT2D eigenvalue weighted by Crippen LogP contribution is -2.03. The topological polar surface area (TPSA) is 63.6 Å². The first-order valence-electron chi connectivity index (χ1n) is 3.81. The standard InChI is InChI=1S/C8H8N4O/c1-12-5-3-7(11-12)8(13)6-2-4-9-10-6/h2-5H,1H3,(H,9,10). The number of aromatic nitrogens is 4. The number of carbonyl (C=O) groups is 1. The van der Waals surface area contributed by atoms with Crippen molar-refractivity contribution in [3.05, 3.63) is 35.9 Å². The van der Waals surface area contributed by atoms with Crippen LogP contribution in [0.2, 0.25) is 0 Å². The highest BCUT2D eigenvalue weighted by atomic mass is 16.1. The van der Waals surface area contributed by atoms with Crippen LogP contribution in [0, 0.1) is 0 Å². The third-order valence-corrected chi connectivity index (χ3v) is 1.69. The lowest BCUT2D eigenvalue weighted by molar-refractivity contribution is 0.102. The van der Waals surface area contributed by atoms with Crippen LogP contribution in [0.5, 0.6) is 0 Å². The molecule has 0 bridgehead atoms. The van der Waals surface area contributed by atoms with Crippen LogP contribution in [-0.4, -0.2) is 25.8 Å². The molecule has 0 saturated heterocycles. The third kappa shape index (κ3) is 1.35. The Morgan fingerprint density at radius 2 is 2.38 bits per heavy atom. The fourth-order valence-corrected chi connectivity index (χ4v) is 1.06. The number of ketones is 1. The summed E-state index contributed by atoms with van der Waals surface area (Å²) in [7, 11) is 1.77. The Morgan fingerprint density at radius 3 is 2.92 bits per heavy atom. The Bertz CT molecular complexity index is 415. The molecule has 0 aromatic carbocycles. The van der Waals surface area contributed by atoms with Gasteiger partial charge in [-0.3, -0.25) is 14.6 Å². The van der Waals surface area contributed by atoms with Crippen molar-refractivity contribution < 1.29 is 4.79 Å². The molecule has 0 aliphatic carbocycles. The summed E-state index contributed by atoms with van der Waals surface area (Å²) in [6.45, 7) is 0. The number of H-pyrrole nitrogens is 1. The number of aromatic amines is 1. The maximum Gasteiger partial charge on any atom is 0.230 e. The minimum Gasteiger partial charge on any atom is -0.285 e. The van der Waals surface area contributed by atoms with Gasteiger partial charge in [-0.1, -0.05) is 0 Å². The second-order valence-electron chi connectivity index (χ2n) is 2.67. The molecule has 2 aromatic heterocycles. The molecular weight excluding hydrogens is 168 g/mol. The zero-order valence-electron chi connectivity index (χ0n) is 7.06. The van der Waals surface area contributed by atoms with Crippen molar-refractivity contribution in [3.63, 3.8) is 0 Å². The molecule has 0 saturated carbocycles. The van der Waals surface area contributed by atoms with Gasteiger partial charge in [-0.2, -0.15) is 10.2 Å². The van der Waals surface area contributed by atoms with E-state index in [9.17, 15) is 4.79 Å². The van der Waals surface area contributed by atoms with Crippen LogP contribution in [0.3, 0.4) is 0 Å². The van der Waals surface area contributed by atoms with Crippen LogP contribution >= 0.6 is 0 Å². The molecule has 0 fully saturated rings. The van der Waals surface area contributed by atoms with E-state index in [0.29, 0.717) is 11.4 Å². The van der Waals surface area contributed by atoms with Gasteiger partial charge >= 0.3 is 0 Å². The average molecular weight is 176 g/mol. The van der Waals surface area contributed by atoms with Crippen molar-refractivity contribution in [2.45, 2.75) is 0 Å². The molecule has 13 heavy (non-hydrogen) atoms. The van der Waals surface area contributed by atoms with E-state index < -0.39 is 0 Å². The van der Waals surface area contributed by atoms with Gasteiger partial charge in [-0.15, -0.1) is 0 Å². The second kappa shape index (κ2) is 2.85. The first-order valence-corrected chi connectivity index (χ1v) is 3.81. The predicted octanol–water partition coefficient (Wildman–Crippen LogP) is 0.374. The molecule has 2 heterocycles. The van der Waals surface area contributed by atoms with Gasteiger partial charge in [0, 0.05) is 19.4 Å². The highest BCUT2D eigenvalue weighted by molar-refractivity contribution is 6.06. The van der Waals surface area contributed by atoms with Crippen LogP contribution in [0.1, 0.15) is 16.2 Å². The summed E-state index contributed by atoms with van der Waals surface area (Å²) in [5.41, 5.74) is 0.880. The summed E-state index contributed by atoms with van der Waals surface area (Å²) in [5, 5.41) is 10.3. The molecule has 0 spiro atoms. The van der Waals surface area contributed by atoms with E-state index in [1.165, 1.54) is 6.20 Å². The molecular formula is C8H8N4O. The Balaban J connectivity index is 2.33. The van der Waals surface area contributed by atoms with Gasteiger partial charge < -0.3 is 0 Å². The summed E-state index contributed by atoms with van der Waals surface area (Å²) in [4.78, 5) is 11.6. The van der Waals surface area contributed by atoms with Gasteiger partial charge in [0.05, 0.1) is 0 Å². The molecule has 0 radical (unpaired) electrons. The highest BCUT2D eigenvalue weighted by Gasteiger charge is 2.12. The van der Waals surface area contributed by atoms with Crippen molar-refractivity contribution in [1.29, 1.82) is 0 Å². The van der Waals surface area contributed by atoms with E-state index in [1.807, 2.05) is 0 Å². The number of carbonyl (C=O) groups excluding carboxylic acids is 1. The zero-order valence-corrected chi connectivity index (χ0v) is 7.06. The van der Waals surface area contributed by atoms with Crippen molar-refractivity contribution in [2.24, 2.45) is 7.05 Å².